The monoisotopic (exact) mass is 361 g/mol. The highest BCUT2D eigenvalue weighted by atomic mass is 19.3. The summed E-state index contributed by atoms with van der Waals surface area (Å²) in [5.74, 6) is -0.0294. The van der Waals surface area contributed by atoms with Gasteiger partial charge in [-0.1, -0.05) is 36.4 Å². The summed E-state index contributed by atoms with van der Waals surface area (Å²) in [7, 11) is 3.02. The van der Waals surface area contributed by atoms with E-state index in [-0.39, 0.29) is 24.0 Å². The first-order chi connectivity index (χ1) is 12.4. The van der Waals surface area contributed by atoms with Crippen LogP contribution in [0.3, 0.4) is 0 Å². The number of allylic oxidation sites excluding steroid dienone is 1. The number of alkyl halides is 2. The second kappa shape index (κ2) is 8.99. The summed E-state index contributed by atoms with van der Waals surface area (Å²) in [4.78, 5) is 13.9. The molecule has 0 heterocycles. The second-order valence-corrected chi connectivity index (χ2v) is 5.75. The van der Waals surface area contributed by atoms with Crippen molar-refractivity contribution in [2.45, 2.75) is 20.1 Å². The Bertz CT molecular complexity index is 776. The van der Waals surface area contributed by atoms with Crippen LogP contribution in [0, 0.1) is 0 Å². The molecular formula is C20H21F2NO3. The number of methoxy groups -OCH3 is 1. The van der Waals surface area contributed by atoms with Crippen LogP contribution in [0.2, 0.25) is 0 Å². The van der Waals surface area contributed by atoms with Crippen molar-refractivity contribution in [3.05, 3.63) is 65.7 Å². The molecule has 6 heteroatoms. The van der Waals surface area contributed by atoms with Gasteiger partial charge in [-0.3, -0.25) is 4.79 Å². The molecule has 26 heavy (non-hydrogen) atoms. The number of nitrogens with zero attached hydrogens (tertiary/aromatic N) is 1. The highest BCUT2D eigenvalue weighted by molar-refractivity contribution is 5.94. The topological polar surface area (TPSA) is 38.8 Å². The highest BCUT2D eigenvalue weighted by Crippen LogP contribution is 2.30. The number of halogens is 2. The predicted octanol–water partition coefficient (Wildman–Crippen LogP) is 4.36. The molecule has 0 saturated carbocycles. The number of hydrogen-bond acceptors (Lipinski definition) is 3. The van der Waals surface area contributed by atoms with Crippen LogP contribution in [0.5, 0.6) is 11.5 Å². The third kappa shape index (κ3) is 5.31. The normalized spacial score (nSPS) is 11.4. The van der Waals surface area contributed by atoms with Gasteiger partial charge in [0.2, 0.25) is 5.91 Å². The van der Waals surface area contributed by atoms with E-state index in [1.54, 1.807) is 19.2 Å². The van der Waals surface area contributed by atoms with Crippen LogP contribution in [0.25, 0.3) is 5.57 Å². The summed E-state index contributed by atoms with van der Waals surface area (Å²) in [5.41, 5.74) is 2.47. The Kier molecular flexibility index (Phi) is 6.72. The maximum Gasteiger partial charge on any atom is 0.387 e. The van der Waals surface area contributed by atoms with Crippen molar-refractivity contribution in [1.82, 2.24) is 4.90 Å². The Morgan fingerprint density at radius 3 is 2.46 bits per heavy atom. The second-order valence-electron chi connectivity index (χ2n) is 5.75. The first-order valence-corrected chi connectivity index (χ1v) is 8.01. The molecule has 0 N–H and O–H groups in total. The molecule has 0 bridgehead atoms. The molecule has 2 rings (SSSR count). The SMILES string of the molecule is COc1ccc(CN(C)C(=O)/C=C(\C)c2ccccc2)cc1OC(F)F. The predicted molar refractivity (Wildman–Crippen MR) is 96.2 cm³/mol. The maximum absolute atomic E-state index is 12.5. The molecule has 0 aliphatic carbocycles. The van der Waals surface area contributed by atoms with Crippen molar-refractivity contribution in [1.29, 1.82) is 0 Å². The number of ether oxygens (including phenoxy) is 2. The standard InChI is InChI=1S/C20H21F2NO3/c1-14(16-7-5-4-6-8-16)11-19(24)23(2)13-15-9-10-17(25-3)18(12-15)26-20(21)22/h4-12,20H,13H2,1-3H3/b14-11+. The number of benzene rings is 2. The minimum absolute atomic E-state index is 0.0585. The van der Waals surface area contributed by atoms with Crippen molar-refractivity contribution in [2.24, 2.45) is 0 Å². The lowest BCUT2D eigenvalue weighted by Gasteiger charge is -2.17. The molecule has 4 nitrogen and oxygen atoms in total. The number of carbonyl (C=O) groups excluding carboxylic acids is 1. The maximum atomic E-state index is 12.5. The van der Waals surface area contributed by atoms with Crippen molar-refractivity contribution < 1.29 is 23.0 Å². The van der Waals surface area contributed by atoms with E-state index in [4.69, 9.17) is 4.74 Å². The summed E-state index contributed by atoms with van der Waals surface area (Å²) in [5, 5.41) is 0. The summed E-state index contributed by atoms with van der Waals surface area (Å²) >= 11 is 0. The molecule has 2 aromatic rings. The first kappa shape index (κ1) is 19.4. The molecule has 0 fully saturated rings. The number of likely N-dealkylation sites (N-methyl/N-ethyl adjacent to an activating group) is 1. The molecule has 2 aromatic carbocycles. The van der Waals surface area contributed by atoms with E-state index >= 15 is 0 Å². The molecule has 0 atom stereocenters. The number of rotatable bonds is 7. The summed E-state index contributed by atoms with van der Waals surface area (Å²) in [6, 6.07) is 14.3. The van der Waals surface area contributed by atoms with Crippen LogP contribution in [0.1, 0.15) is 18.1 Å². The quantitative estimate of drug-likeness (QED) is 0.688. The van der Waals surface area contributed by atoms with E-state index in [0.29, 0.717) is 5.56 Å². The fourth-order valence-electron chi connectivity index (χ4n) is 2.44. The van der Waals surface area contributed by atoms with Gasteiger partial charge in [-0.25, -0.2) is 0 Å². The average Bonchev–Trinajstić information content (AvgIpc) is 2.62. The number of carbonyl (C=O) groups is 1. The Hall–Kier alpha value is -2.89. The van der Waals surface area contributed by atoms with Crippen molar-refractivity contribution in [3.63, 3.8) is 0 Å². The zero-order valence-corrected chi connectivity index (χ0v) is 14.9. The van der Waals surface area contributed by atoms with Crippen molar-refractivity contribution >= 4 is 11.5 Å². The Balaban J connectivity index is 2.11. The summed E-state index contributed by atoms with van der Waals surface area (Å²) < 4.78 is 34.5. The smallest absolute Gasteiger partial charge is 0.387 e. The van der Waals surface area contributed by atoms with Gasteiger partial charge in [0.1, 0.15) is 0 Å². The number of hydrogen-bond donors (Lipinski definition) is 0. The van der Waals surface area contributed by atoms with Crippen LogP contribution in [-0.4, -0.2) is 31.6 Å². The van der Waals surface area contributed by atoms with E-state index in [9.17, 15) is 13.6 Å². The minimum Gasteiger partial charge on any atom is -0.493 e. The fraction of sp³-hybridized carbons (Fsp3) is 0.250. The van der Waals surface area contributed by atoms with Crippen LogP contribution in [0.4, 0.5) is 8.78 Å². The zero-order valence-electron chi connectivity index (χ0n) is 14.9. The lowest BCUT2D eigenvalue weighted by Crippen LogP contribution is -2.24. The van der Waals surface area contributed by atoms with E-state index in [1.807, 2.05) is 37.3 Å². The van der Waals surface area contributed by atoms with E-state index in [0.717, 1.165) is 11.1 Å². The van der Waals surface area contributed by atoms with Gasteiger partial charge < -0.3 is 14.4 Å². The van der Waals surface area contributed by atoms with E-state index < -0.39 is 6.61 Å². The van der Waals surface area contributed by atoms with Crippen molar-refractivity contribution in [2.75, 3.05) is 14.2 Å². The average molecular weight is 361 g/mol. The van der Waals surface area contributed by atoms with Gasteiger partial charge >= 0.3 is 6.61 Å². The molecule has 138 valence electrons. The Labute approximate surface area is 151 Å². The Morgan fingerprint density at radius 1 is 1.15 bits per heavy atom. The van der Waals surface area contributed by atoms with E-state index in [2.05, 4.69) is 4.74 Å². The van der Waals surface area contributed by atoms with Crippen molar-refractivity contribution in [3.8, 4) is 11.5 Å². The van der Waals surface area contributed by atoms with Crippen LogP contribution < -0.4 is 9.47 Å². The molecule has 0 radical (unpaired) electrons. The third-order valence-corrected chi connectivity index (χ3v) is 3.81. The van der Waals surface area contributed by atoms with Crippen LogP contribution >= 0.6 is 0 Å². The zero-order chi connectivity index (χ0) is 19.1. The summed E-state index contributed by atoms with van der Waals surface area (Å²) in [6.07, 6.45) is 1.55. The van der Waals surface area contributed by atoms with E-state index in [1.165, 1.54) is 24.1 Å². The van der Waals surface area contributed by atoms with Gasteiger partial charge in [0.25, 0.3) is 0 Å². The van der Waals surface area contributed by atoms with Gasteiger partial charge in [0.05, 0.1) is 7.11 Å². The Morgan fingerprint density at radius 2 is 1.85 bits per heavy atom. The molecular weight excluding hydrogens is 340 g/mol. The molecule has 0 aliphatic heterocycles. The molecule has 0 spiro atoms. The fourth-order valence-corrected chi connectivity index (χ4v) is 2.44. The lowest BCUT2D eigenvalue weighted by molar-refractivity contribution is -0.125. The van der Waals surface area contributed by atoms with Gasteiger partial charge in [-0.15, -0.1) is 0 Å². The van der Waals surface area contributed by atoms with Gasteiger partial charge in [-0.2, -0.15) is 8.78 Å². The molecule has 0 saturated heterocycles. The van der Waals surface area contributed by atoms with Gasteiger partial charge in [0, 0.05) is 19.7 Å². The first-order valence-electron chi connectivity index (χ1n) is 8.01. The van der Waals surface area contributed by atoms with Crippen LogP contribution in [-0.2, 0) is 11.3 Å². The number of amides is 1. The van der Waals surface area contributed by atoms with Crippen LogP contribution in [0.15, 0.2) is 54.6 Å². The highest BCUT2D eigenvalue weighted by Gasteiger charge is 2.13. The van der Waals surface area contributed by atoms with Gasteiger partial charge in [0.15, 0.2) is 11.5 Å². The third-order valence-electron chi connectivity index (χ3n) is 3.81. The minimum atomic E-state index is -2.95. The van der Waals surface area contributed by atoms with Gasteiger partial charge in [-0.05, 0) is 35.8 Å². The molecule has 0 aromatic heterocycles. The molecule has 0 aliphatic rings. The molecule has 1 amide bonds. The largest absolute Gasteiger partial charge is 0.493 e. The lowest BCUT2D eigenvalue weighted by atomic mass is 10.1. The summed E-state index contributed by atoms with van der Waals surface area (Å²) in [6.45, 7) is -0.834. The molecule has 0 unspecified atom stereocenters.